The molecule has 0 saturated carbocycles. The molecule has 2 N–H and O–H groups in total. The molecule has 2 heterocycles. The highest BCUT2D eigenvalue weighted by molar-refractivity contribution is 5.29. The summed E-state index contributed by atoms with van der Waals surface area (Å²) in [6, 6.07) is 9.48. The molecule has 2 aliphatic rings. The van der Waals surface area contributed by atoms with Crippen LogP contribution in [0.3, 0.4) is 0 Å². The molecule has 2 bridgehead atoms. The van der Waals surface area contributed by atoms with Crippen LogP contribution in [0.5, 0.6) is 0 Å². The van der Waals surface area contributed by atoms with Crippen molar-refractivity contribution in [2.24, 2.45) is 0 Å². The van der Waals surface area contributed by atoms with Crippen molar-refractivity contribution in [3.8, 4) is 0 Å². The molecular formula is C19H28NO5. The van der Waals surface area contributed by atoms with Crippen molar-refractivity contribution in [2.75, 3.05) is 26.6 Å². The maximum atomic E-state index is 12.1. The van der Waals surface area contributed by atoms with Gasteiger partial charge in [-0.25, -0.2) is 10.0 Å². The molecule has 0 aromatic heterocycles. The number of unbranched alkanes of at least 4 members (excludes halogenated alkanes) is 3. The van der Waals surface area contributed by atoms with Crippen LogP contribution in [0.4, 0.5) is 0 Å². The fourth-order valence-electron chi connectivity index (χ4n) is 4.37. The van der Waals surface area contributed by atoms with E-state index < -0.39 is 23.7 Å². The van der Waals surface area contributed by atoms with E-state index in [0.29, 0.717) is 6.42 Å². The van der Waals surface area contributed by atoms with Crippen LogP contribution in [0.2, 0.25) is 0 Å². The molecule has 0 aliphatic carbocycles. The average molecular weight is 350 g/mol. The van der Waals surface area contributed by atoms with Gasteiger partial charge in [-0.1, -0.05) is 62.9 Å². The van der Waals surface area contributed by atoms with Crippen molar-refractivity contribution in [2.45, 2.75) is 56.1 Å². The monoisotopic (exact) mass is 350 g/mol. The number of benzene rings is 1. The third-order valence-electron chi connectivity index (χ3n) is 5.76. The summed E-state index contributed by atoms with van der Waals surface area (Å²) in [5.74, 6) is -1.44. The van der Waals surface area contributed by atoms with Gasteiger partial charge < -0.3 is 19.7 Å². The number of aliphatic hydroxyl groups is 2. The Labute approximate surface area is 149 Å². The first-order valence-corrected chi connectivity index (χ1v) is 9.12. The van der Waals surface area contributed by atoms with Gasteiger partial charge in [-0.15, -0.1) is 0 Å². The first kappa shape index (κ1) is 18.8. The predicted molar refractivity (Wildman–Crippen MR) is 90.9 cm³/mol. The van der Waals surface area contributed by atoms with Crippen LogP contribution in [0.15, 0.2) is 30.3 Å². The largest absolute Gasteiger partial charge is 0.394 e. The SMILES string of the molecule is CCCCCCC1(CO)N(CO)C2(c3ccccc3)COC1(C[O])O2. The summed E-state index contributed by atoms with van der Waals surface area (Å²) in [4.78, 5) is 1.74. The number of fused-ring (bicyclic) bond motifs is 2. The second-order valence-electron chi connectivity index (χ2n) is 7.01. The first-order valence-electron chi connectivity index (χ1n) is 9.12. The highest BCUT2D eigenvalue weighted by Gasteiger charge is 2.75. The van der Waals surface area contributed by atoms with Gasteiger partial charge in [-0.3, -0.25) is 0 Å². The highest BCUT2D eigenvalue weighted by Crippen LogP contribution is 2.58. The molecular weight excluding hydrogens is 322 g/mol. The Bertz CT molecular complexity index is 570. The van der Waals surface area contributed by atoms with Crippen LogP contribution in [0, 0.1) is 0 Å². The average Bonchev–Trinajstić information content (AvgIpc) is 3.17. The van der Waals surface area contributed by atoms with Crippen LogP contribution in [0.1, 0.15) is 44.6 Å². The van der Waals surface area contributed by atoms with Gasteiger partial charge in [-0.05, 0) is 6.42 Å². The van der Waals surface area contributed by atoms with Crippen molar-refractivity contribution in [3.05, 3.63) is 35.9 Å². The van der Waals surface area contributed by atoms with Crippen molar-refractivity contribution in [3.63, 3.8) is 0 Å². The third kappa shape index (κ3) is 2.63. The number of aliphatic hydroxyl groups excluding tert-OH is 2. The summed E-state index contributed by atoms with van der Waals surface area (Å²) in [6.07, 6.45) is 4.58. The molecule has 3 unspecified atom stereocenters. The standard InChI is InChI=1S/C19H28NO5/c1-2-3-4-8-11-17(12-21)19(13-22)24-14-18(25-19,20(17)15-23)16-9-6-5-7-10-16/h5-7,9-10,21,23H,2-4,8,11-15H2,1H3. The lowest BCUT2D eigenvalue weighted by atomic mass is 9.81. The lowest BCUT2D eigenvalue weighted by molar-refractivity contribution is -0.243. The number of hydrogen-bond donors (Lipinski definition) is 2. The molecule has 139 valence electrons. The quantitative estimate of drug-likeness (QED) is 0.666. The van der Waals surface area contributed by atoms with Gasteiger partial charge >= 0.3 is 0 Å². The molecule has 6 nitrogen and oxygen atoms in total. The number of ether oxygens (including phenoxy) is 2. The molecule has 2 saturated heterocycles. The summed E-state index contributed by atoms with van der Waals surface area (Å²) in [5, 5.41) is 32.6. The first-order chi connectivity index (χ1) is 12.1. The van der Waals surface area contributed by atoms with Crippen LogP contribution in [0.25, 0.3) is 0 Å². The van der Waals surface area contributed by atoms with Gasteiger partial charge in [0, 0.05) is 5.56 Å². The minimum absolute atomic E-state index is 0.163. The van der Waals surface area contributed by atoms with E-state index in [-0.39, 0.29) is 19.9 Å². The lowest BCUT2D eigenvalue weighted by Crippen LogP contribution is -2.68. The molecule has 1 radical (unpaired) electrons. The van der Waals surface area contributed by atoms with E-state index in [2.05, 4.69) is 6.92 Å². The van der Waals surface area contributed by atoms with Crippen LogP contribution in [-0.4, -0.2) is 53.0 Å². The maximum Gasteiger partial charge on any atom is 0.218 e. The van der Waals surface area contributed by atoms with E-state index in [1.54, 1.807) is 4.90 Å². The van der Waals surface area contributed by atoms with Gasteiger partial charge in [0.1, 0.15) is 12.1 Å². The molecule has 1 aromatic rings. The number of hydrogen-bond acceptors (Lipinski definition) is 5. The Morgan fingerprint density at radius 3 is 2.52 bits per heavy atom. The van der Waals surface area contributed by atoms with Crippen molar-refractivity contribution in [1.29, 1.82) is 0 Å². The fraction of sp³-hybridized carbons (Fsp3) is 0.684. The molecule has 25 heavy (non-hydrogen) atoms. The predicted octanol–water partition coefficient (Wildman–Crippen LogP) is 1.98. The number of rotatable bonds is 9. The fourth-order valence-corrected chi connectivity index (χ4v) is 4.37. The molecule has 1 aromatic carbocycles. The minimum Gasteiger partial charge on any atom is -0.394 e. The van der Waals surface area contributed by atoms with Gasteiger partial charge in [0.15, 0.2) is 5.72 Å². The third-order valence-corrected chi connectivity index (χ3v) is 5.76. The van der Waals surface area contributed by atoms with Crippen molar-refractivity contribution in [1.82, 2.24) is 4.90 Å². The van der Waals surface area contributed by atoms with Gasteiger partial charge in [0.05, 0.1) is 19.9 Å². The minimum atomic E-state index is -1.44. The normalized spacial score (nSPS) is 34.7. The zero-order valence-corrected chi connectivity index (χ0v) is 14.8. The Kier molecular flexibility index (Phi) is 5.48. The zero-order valence-electron chi connectivity index (χ0n) is 14.8. The Balaban J connectivity index is 1.99. The topological polar surface area (TPSA) is 82.1 Å². The summed E-state index contributed by atoms with van der Waals surface area (Å²) in [5.41, 5.74) is -1.25. The van der Waals surface area contributed by atoms with Gasteiger partial charge in [0.25, 0.3) is 0 Å². The molecule has 6 heteroatoms. The molecule has 0 spiro atoms. The second-order valence-corrected chi connectivity index (χ2v) is 7.01. The summed E-state index contributed by atoms with van der Waals surface area (Å²) in [6.45, 7) is 1.07. The van der Waals surface area contributed by atoms with E-state index in [1.807, 2.05) is 30.3 Å². The highest BCUT2D eigenvalue weighted by atomic mass is 16.8. The maximum absolute atomic E-state index is 12.1. The molecule has 2 fully saturated rings. The molecule has 3 rings (SSSR count). The van der Waals surface area contributed by atoms with Gasteiger partial charge in [0.2, 0.25) is 5.79 Å². The van der Waals surface area contributed by atoms with E-state index in [1.165, 1.54) is 0 Å². The summed E-state index contributed by atoms with van der Waals surface area (Å²) in [7, 11) is 0. The van der Waals surface area contributed by atoms with E-state index in [4.69, 9.17) is 9.47 Å². The van der Waals surface area contributed by atoms with Crippen LogP contribution < -0.4 is 0 Å². The molecule has 0 amide bonds. The van der Waals surface area contributed by atoms with Crippen LogP contribution in [-0.2, 0) is 20.3 Å². The van der Waals surface area contributed by atoms with E-state index >= 15 is 0 Å². The second kappa shape index (κ2) is 7.31. The smallest absolute Gasteiger partial charge is 0.218 e. The molecule has 3 atom stereocenters. The zero-order chi connectivity index (χ0) is 18.0. The van der Waals surface area contributed by atoms with Gasteiger partial charge in [-0.2, -0.15) is 0 Å². The summed E-state index contributed by atoms with van der Waals surface area (Å²) < 4.78 is 12.1. The Hall–Kier alpha value is -1.02. The Morgan fingerprint density at radius 2 is 1.92 bits per heavy atom. The summed E-state index contributed by atoms with van der Waals surface area (Å²) >= 11 is 0. The van der Waals surface area contributed by atoms with Crippen molar-refractivity contribution >= 4 is 0 Å². The Morgan fingerprint density at radius 1 is 1.16 bits per heavy atom. The van der Waals surface area contributed by atoms with E-state index in [0.717, 1.165) is 31.2 Å². The molecule has 2 aliphatic heterocycles. The van der Waals surface area contributed by atoms with E-state index in [9.17, 15) is 15.3 Å². The van der Waals surface area contributed by atoms with Crippen molar-refractivity contribution < 1.29 is 24.8 Å². The van der Waals surface area contributed by atoms with Crippen LogP contribution >= 0.6 is 0 Å². The number of morpholine rings is 1. The lowest BCUT2D eigenvalue weighted by Gasteiger charge is -2.49. The number of nitrogens with zero attached hydrogens (tertiary/aromatic N) is 1.